The van der Waals surface area contributed by atoms with E-state index in [0.717, 1.165) is 23.2 Å². The first-order valence-corrected chi connectivity index (χ1v) is 5.72. The molecule has 2 aromatic rings. The van der Waals surface area contributed by atoms with E-state index in [1.807, 2.05) is 42.0 Å². The lowest BCUT2D eigenvalue weighted by molar-refractivity contribution is 0.320. The molecule has 0 amide bonds. The zero-order chi connectivity index (χ0) is 12.4. The molecule has 0 fully saturated rings. The van der Waals surface area contributed by atoms with E-state index < -0.39 is 0 Å². The highest BCUT2D eigenvalue weighted by atomic mass is 16.5. The number of hydrogen-bond donors (Lipinski definition) is 1. The van der Waals surface area contributed by atoms with Gasteiger partial charge >= 0.3 is 0 Å². The quantitative estimate of drug-likeness (QED) is 0.873. The molecule has 1 aromatic carbocycles. The van der Waals surface area contributed by atoms with Crippen LogP contribution in [0, 0.1) is 0 Å². The summed E-state index contributed by atoms with van der Waals surface area (Å²) in [5.41, 5.74) is 7.68. The molecule has 2 rings (SSSR count). The Morgan fingerprint density at radius 3 is 2.82 bits per heavy atom. The standard InChI is InChI=1S/C12H18N4O/c1-4-8-17-10-7-5-6-9-11(10)14-12(13)16(9)15(2)3/h5-7H,4,8H2,1-3H3,(H2,13,14). The zero-order valence-corrected chi connectivity index (χ0v) is 10.5. The highest BCUT2D eigenvalue weighted by molar-refractivity contribution is 5.84. The first-order valence-electron chi connectivity index (χ1n) is 5.72. The van der Waals surface area contributed by atoms with Gasteiger partial charge in [-0.05, 0) is 18.6 Å². The molecule has 0 unspecified atom stereocenters. The van der Waals surface area contributed by atoms with Gasteiger partial charge in [-0.25, -0.2) is 9.66 Å². The maximum atomic E-state index is 5.91. The van der Waals surface area contributed by atoms with Crippen LogP contribution in [0.15, 0.2) is 18.2 Å². The number of hydrogen-bond acceptors (Lipinski definition) is 4. The van der Waals surface area contributed by atoms with Gasteiger partial charge in [-0.2, -0.15) is 0 Å². The van der Waals surface area contributed by atoms with Crippen molar-refractivity contribution in [1.82, 2.24) is 9.66 Å². The molecule has 1 aromatic heterocycles. The molecule has 0 bridgehead atoms. The van der Waals surface area contributed by atoms with Crippen LogP contribution in [0.2, 0.25) is 0 Å². The lowest BCUT2D eigenvalue weighted by Gasteiger charge is -2.16. The predicted octanol–water partition coefficient (Wildman–Crippen LogP) is 1.60. The summed E-state index contributed by atoms with van der Waals surface area (Å²) in [5, 5.41) is 1.90. The van der Waals surface area contributed by atoms with Crippen molar-refractivity contribution < 1.29 is 4.74 Å². The van der Waals surface area contributed by atoms with E-state index in [4.69, 9.17) is 10.5 Å². The third kappa shape index (κ3) is 2.00. The van der Waals surface area contributed by atoms with Crippen molar-refractivity contribution in [2.75, 3.05) is 31.4 Å². The first-order chi connectivity index (χ1) is 8.15. The van der Waals surface area contributed by atoms with Gasteiger partial charge in [0.1, 0.15) is 11.3 Å². The highest BCUT2D eigenvalue weighted by Crippen LogP contribution is 2.26. The topological polar surface area (TPSA) is 56.3 Å². The summed E-state index contributed by atoms with van der Waals surface area (Å²) in [4.78, 5) is 4.36. The summed E-state index contributed by atoms with van der Waals surface area (Å²) in [7, 11) is 3.86. The van der Waals surface area contributed by atoms with Gasteiger partial charge in [-0.3, -0.25) is 0 Å². The van der Waals surface area contributed by atoms with Crippen molar-refractivity contribution in [3.63, 3.8) is 0 Å². The molecule has 92 valence electrons. The number of fused-ring (bicyclic) bond motifs is 1. The van der Waals surface area contributed by atoms with Crippen LogP contribution in [0.25, 0.3) is 11.0 Å². The van der Waals surface area contributed by atoms with Crippen LogP contribution >= 0.6 is 0 Å². The molecule has 0 saturated heterocycles. The van der Waals surface area contributed by atoms with Gasteiger partial charge in [0.15, 0.2) is 0 Å². The van der Waals surface area contributed by atoms with Crippen molar-refractivity contribution in [1.29, 1.82) is 0 Å². The van der Waals surface area contributed by atoms with E-state index >= 15 is 0 Å². The first kappa shape index (κ1) is 11.6. The Kier molecular flexibility index (Phi) is 3.08. The summed E-state index contributed by atoms with van der Waals surface area (Å²) >= 11 is 0. The number of imidazole rings is 1. The van der Waals surface area contributed by atoms with Gasteiger partial charge in [0, 0.05) is 14.1 Å². The minimum atomic E-state index is 0.470. The lowest BCUT2D eigenvalue weighted by Crippen LogP contribution is -2.26. The minimum absolute atomic E-state index is 0.470. The Balaban J connectivity index is 2.54. The number of para-hydroxylation sites is 1. The van der Waals surface area contributed by atoms with Crippen LogP contribution in [0.5, 0.6) is 5.75 Å². The Morgan fingerprint density at radius 2 is 2.18 bits per heavy atom. The molecule has 5 nitrogen and oxygen atoms in total. The SMILES string of the molecule is CCCOc1cccc2c1nc(N)n2N(C)C. The van der Waals surface area contributed by atoms with E-state index in [2.05, 4.69) is 11.9 Å². The summed E-state index contributed by atoms with van der Waals surface area (Å²) in [6, 6.07) is 5.86. The molecule has 0 radical (unpaired) electrons. The number of aromatic nitrogens is 2. The second-order valence-corrected chi connectivity index (χ2v) is 4.10. The molecular formula is C12H18N4O. The fraction of sp³-hybridized carbons (Fsp3) is 0.417. The highest BCUT2D eigenvalue weighted by Gasteiger charge is 2.13. The fourth-order valence-corrected chi connectivity index (χ4v) is 1.83. The van der Waals surface area contributed by atoms with Crippen LogP contribution in [0.4, 0.5) is 5.95 Å². The molecule has 0 aliphatic rings. The van der Waals surface area contributed by atoms with E-state index in [1.54, 1.807) is 0 Å². The Labute approximate surface area is 101 Å². The second-order valence-electron chi connectivity index (χ2n) is 4.10. The molecule has 0 saturated carbocycles. The number of rotatable bonds is 4. The van der Waals surface area contributed by atoms with Gasteiger partial charge < -0.3 is 15.5 Å². The fourth-order valence-electron chi connectivity index (χ4n) is 1.83. The van der Waals surface area contributed by atoms with E-state index in [1.165, 1.54) is 0 Å². The molecule has 1 heterocycles. The molecular weight excluding hydrogens is 216 g/mol. The number of nitrogens with zero attached hydrogens (tertiary/aromatic N) is 3. The Bertz CT molecular complexity index is 518. The number of benzene rings is 1. The lowest BCUT2D eigenvalue weighted by atomic mass is 10.3. The normalized spacial score (nSPS) is 10.8. The van der Waals surface area contributed by atoms with Crippen molar-refractivity contribution in [3.05, 3.63) is 18.2 Å². The largest absolute Gasteiger partial charge is 0.491 e. The monoisotopic (exact) mass is 234 g/mol. The number of nitrogens with two attached hydrogens (primary N) is 1. The average Bonchev–Trinajstić information content (AvgIpc) is 2.62. The molecule has 0 spiro atoms. The van der Waals surface area contributed by atoms with Gasteiger partial charge in [-0.15, -0.1) is 0 Å². The van der Waals surface area contributed by atoms with Gasteiger partial charge in [0.25, 0.3) is 0 Å². The number of nitrogen functional groups attached to an aromatic ring is 1. The molecule has 2 N–H and O–H groups in total. The third-order valence-corrected chi connectivity index (χ3v) is 2.51. The average molecular weight is 234 g/mol. The summed E-state index contributed by atoms with van der Waals surface area (Å²) in [6.07, 6.45) is 0.972. The Morgan fingerprint density at radius 1 is 1.41 bits per heavy atom. The summed E-state index contributed by atoms with van der Waals surface area (Å²) in [6.45, 7) is 2.76. The van der Waals surface area contributed by atoms with Crippen LogP contribution in [-0.2, 0) is 0 Å². The third-order valence-electron chi connectivity index (χ3n) is 2.51. The van der Waals surface area contributed by atoms with E-state index in [0.29, 0.717) is 12.6 Å². The van der Waals surface area contributed by atoms with Crippen LogP contribution in [0.1, 0.15) is 13.3 Å². The predicted molar refractivity (Wildman–Crippen MR) is 70.0 cm³/mol. The van der Waals surface area contributed by atoms with Crippen LogP contribution in [0.3, 0.4) is 0 Å². The van der Waals surface area contributed by atoms with E-state index in [-0.39, 0.29) is 0 Å². The Hall–Kier alpha value is -1.91. The van der Waals surface area contributed by atoms with Crippen LogP contribution in [-0.4, -0.2) is 30.4 Å². The zero-order valence-electron chi connectivity index (χ0n) is 10.5. The molecule has 0 aliphatic heterocycles. The van der Waals surface area contributed by atoms with Crippen molar-refractivity contribution in [3.8, 4) is 5.75 Å². The van der Waals surface area contributed by atoms with Crippen molar-refractivity contribution >= 4 is 17.0 Å². The maximum Gasteiger partial charge on any atom is 0.220 e. The van der Waals surface area contributed by atoms with Gasteiger partial charge in [-0.1, -0.05) is 13.0 Å². The maximum absolute atomic E-state index is 5.91. The molecule has 5 heteroatoms. The molecule has 0 atom stereocenters. The summed E-state index contributed by atoms with van der Waals surface area (Å²) < 4.78 is 7.52. The molecule has 17 heavy (non-hydrogen) atoms. The van der Waals surface area contributed by atoms with Crippen molar-refractivity contribution in [2.45, 2.75) is 13.3 Å². The van der Waals surface area contributed by atoms with E-state index in [9.17, 15) is 0 Å². The van der Waals surface area contributed by atoms with Gasteiger partial charge in [0.05, 0.1) is 12.1 Å². The van der Waals surface area contributed by atoms with Gasteiger partial charge in [0.2, 0.25) is 5.95 Å². The summed E-state index contributed by atoms with van der Waals surface area (Å²) in [5.74, 6) is 1.26. The van der Waals surface area contributed by atoms with Crippen LogP contribution < -0.4 is 15.5 Å². The smallest absolute Gasteiger partial charge is 0.220 e. The second kappa shape index (κ2) is 4.53. The number of ether oxygens (including phenoxy) is 1. The number of anilines is 1. The van der Waals surface area contributed by atoms with Crippen molar-refractivity contribution in [2.24, 2.45) is 0 Å². The molecule has 0 aliphatic carbocycles. The minimum Gasteiger partial charge on any atom is -0.491 e.